The van der Waals surface area contributed by atoms with Crippen molar-refractivity contribution in [3.05, 3.63) is 55.1 Å². The van der Waals surface area contributed by atoms with Gasteiger partial charge in [-0.15, -0.1) is 5.10 Å². The smallest absolute Gasteiger partial charge is 0.154 e. The maximum atomic E-state index is 5.76. The van der Waals surface area contributed by atoms with Crippen LogP contribution >= 0.6 is 0 Å². The van der Waals surface area contributed by atoms with Crippen LogP contribution in [0.5, 0.6) is 0 Å². The van der Waals surface area contributed by atoms with Crippen LogP contribution in [0.2, 0.25) is 0 Å². The summed E-state index contributed by atoms with van der Waals surface area (Å²) in [4.78, 5) is 4.43. The fourth-order valence-electron chi connectivity index (χ4n) is 2.85. The number of imidazole rings is 1. The van der Waals surface area contributed by atoms with Gasteiger partial charge >= 0.3 is 0 Å². The number of nitrogens with zero attached hydrogens (tertiary/aromatic N) is 3. The molecule has 1 aliphatic heterocycles. The summed E-state index contributed by atoms with van der Waals surface area (Å²) in [6.45, 7) is 7.38. The molecule has 1 aromatic carbocycles. The van der Waals surface area contributed by atoms with Crippen LogP contribution in [0.3, 0.4) is 0 Å². The summed E-state index contributed by atoms with van der Waals surface area (Å²) >= 11 is 0. The molecule has 1 aliphatic rings. The van der Waals surface area contributed by atoms with Crippen molar-refractivity contribution in [2.75, 3.05) is 18.5 Å². The molecule has 0 aliphatic carbocycles. The van der Waals surface area contributed by atoms with Crippen molar-refractivity contribution in [2.45, 2.75) is 18.9 Å². The van der Waals surface area contributed by atoms with Gasteiger partial charge in [-0.3, -0.25) is 0 Å². The maximum absolute atomic E-state index is 5.76. The molecule has 0 saturated carbocycles. The first-order chi connectivity index (χ1) is 11.3. The Hall–Kier alpha value is -2.40. The molecule has 0 atom stereocenters. The van der Waals surface area contributed by atoms with Crippen molar-refractivity contribution in [3.63, 3.8) is 0 Å². The quantitative estimate of drug-likeness (QED) is 0.808. The van der Waals surface area contributed by atoms with E-state index in [4.69, 9.17) is 16.8 Å². The monoisotopic (exact) mass is 306 g/mol. The van der Waals surface area contributed by atoms with Gasteiger partial charge in [0, 0.05) is 24.8 Å². The van der Waals surface area contributed by atoms with Crippen LogP contribution in [0, 0.1) is 6.92 Å². The first-order valence-corrected chi connectivity index (χ1v) is 7.84. The first-order valence-electron chi connectivity index (χ1n) is 7.84. The molecular formula is C18H18N4O. The van der Waals surface area contributed by atoms with Gasteiger partial charge in [-0.25, -0.2) is 9.50 Å². The Morgan fingerprint density at radius 2 is 1.87 bits per heavy atom. The molecule has 1 saturated heterocycles. The lowest BCUT2D eigenvalue weighted by atomic mass is 10.1. The zero-order valence-corrected chi connectivity index (χ0v) is 12.8. The van der Waals surface area contributed by atoms with E-state index in [9.17, 15) is 0 Å². The molecule has 23 heavy (non-hydrogen) atoms. The summed E-state index contributed by atoms with van der Waals surface area (Å²) in [7, 11) is 0. The first kappa shape index (κ1) is 14.2. The van der Waals surface area contributed by atoms with Crippen LogP contribution < -0.4 is 5.32 Å². The summed E-state index contributed by atoms with van der Waals surface area (Å²) in [6.07, 6.45) is 3.86. The fourth-order valence-corrected chi connectivity index (χ4v) is 2.85. The number of nitrogens with one attached hydrogen (secondary N) is 1. The number of anilines is 1. The highest BCUT2D eigenvalue weighted by Gasteiger charge is 2.15. The molecule has 3 heterocycles. The van der Waals surface area contributed by atoms with E-state index >= 15 is 0 Å². The third-order valence-corrected chi connectivity index (χ3v) is 4.14. The van der Waals surface area contributed by atoms with E-state index in [0.717, 1.165) is 54.3 Å². The highest BCUT2D eigenvalue weighted by molar-refractivity contribution is 5.64. The van der Waals surface area contributed by atoms with Gasteiger partial charge in [0.25, 0.3) is 0 Å². The van der Waals surface area contributed by atoms with Gasteiger partial charge in [0.15, 0.2) is 5.65 Å². The lowest BCUT2D eigenvalue weighted by Gasteiger charge is -2.23. The van der Waals surface area contributed by atoms with Gasteiger partial charge in [-0.05, 0) is 37.5 Å². The van der Waals surface area contributed by atoms with Crippen molar-refractivity contribution < 1.29 is 4.74 Å². The second kappa shape index (κ2) is 6.01. The molecule has 4 rings (SSSR count). The van der Waals surface area contributed by atoms with Gasteiger partial charge in [-0.2, -0.15) is 0 Å². The molecule has 116 valence electrons. The summed E-state index contributed by atoms with van der Waals surface area (Å²) < 4.78 is 7.26. The molecule has 1 fully saturated rings. The molecule has 0 amide bonds. The second-order valence-electron chi connectivity index (χ2n) is 5.79. The van der Waals surface area contributed by atoms with Crippen LogP contribution in [-0.2, 0) is 4.74 Å². The van der Waals surface area contributed by atoms with Crippen LogP contribution in [0.15, 0.2) is 42.6 Å². The molecule has 3 aromatic rings. The molecule has 5 heteroatoms. The third kappa shape index (κ3) is 2.92. The van der Waals surface area contributed by atoms with Gasteiger partial charge in [0.2, 0.25) is 0 Å². The Bertz CT molecular complexity index is 804. The zero-order chi connectivity index (χ0) is 15.6. The highest BCUT2D eigenvalue weighted by Crippen LogP contribution is 2.22. The molecule has 0 spiro atoms. The standard InChI is InChI=1S/C18H18N4O/c1-13-2-4-14(5-3-13)16-12-19-18-7-6-17(21-22(16)18)20-15-8-10-23-11-9-15/h1-7,12,15H,8-11H2,(H,20,21). The lowest BCUT2D eigenvalue weighted by molar-refractivity contribution is 0.0903. The van der Waals surface area contributed by atoms with Crippen molar-refractivity contribution in [3.8, 4) is 11.3 Å². The largest absolute Gasteiger partial charge is 0.381 e. The Balaban J connectivity index is 1.66. The molecule has 2 radical (unpaired) electrons. The number of ether oxygens (including phenoxy) is 1. The molecule has 1 N–H and O–H groups in total. The number of aromatic nitrogens is 3. The van der Waals surface area contributed by atoms with Crippen LogP contribution in [0.1, 0.15) is 18.4 Å². The SMILES string of the molecule is [CH]c1ccc(-c2cnc3ccc(NC4CCOCC4)nn23)cc1. The van der Waals surface area contributed by atoms with Crippen LogP contribution in [0.4, 0.5) is 5.82 Å². The Kier molecular flexibility index (Phi) is 3.71. The molecule has 0 bridgehead atoms. The Labute approximate surface area is 135 Å². The average Bonchev–Trinajstić information content (AvgIpc) is 3.00. The highest BCUT2D eigenvalue weighted by atomic mass is 16.5. The van der Waals surface area contributed by atoms with Gasteiger partial charge in [0.05, 0.1) is 11.9 Å². The van der Waals surface area contributed by atoms with E-state index in [0.29, 0.717) is 6.04 Å². The van der Waals surface area contributed by atoms with E-state index in [1.54, 1.807) is 0 Å². The number of fused-ring (bicyclic) bond motifs is 1. The predicted molar refractivity (Wildman–Crippen MR) is 89.3 cm³/mol. The minimum atomic E-state index is 0.414. The Morgan fingerprint density at radius 1 is 1.09 bits per heavy atom. The number of benzene rings is 1. The maximum Gasteiger partial charge on any atom is 0.154 e. The van der Waals surface area contributed by atoms with Gasteiger partial charge in [0.1, 0.15) is 5.82 Å². The third-order valence-electron chi connectivity index (χ3n) is 4.14. The minimum Gasteiger partial charge on any atom is -0.381 e. The molecular weight excluding hydrogens is 288 g/mol. The van der Waals surface area contributed by atoms with Gasteiger partial charge < -0.3 is 10.1 Å². The van der Waals surface area contributed by atoms with E-state index < -0.39 is 0 Å². The predicted octanol–water partition coefficient (Wildman–Crippen LogP) is 3.05. The normalized spacial score (nSPS) is 15.9. The Morgan fingerprint density at radius 3 is 2.65 bits per heavy atom. The number of hydrogen-bond acceptors (Lipinski definition) is 4. The zero-order valence-electron chi connectivity index (χ0n) is 12.8. The van der Waals surface area contributed by atoms with E-state index in [1.165, 1.54) is 0 Å². The topological polar surface area (TPSA) is 51.5 Å². The molecule has 5 nitrogen and oxygen atoms in total. The number of rotatable bonds is 3. The number of hydrogen-bond donors (Lipinski definition) is 1. The summed E-state index contributed by atoms with van der Waals surface area (Å²) in [5.74, 6) is 0.860. The molecule has 0 unspecified atom stereocenters. The summed E-state index contributed by atoms with van der Waals surface area (Å²) in [5.41, 5.74) is 3.57. The second-order valence-corrected chi connectivity index (χ2v) is 5.79. The van der Waals surface area contributed by atoms with Crippen LogP contribution in [-0.4, -0.2) is 33.9 Å². The van der Waals surface area contributed by atoms with Crippen molar-refractivity contribution in [1.29, 1.82) is 0 Å². The summed E-state index contributed by atoms with van der Waals surface area (Å²) in [5, 5.41) is 8.19. The van der Waals surface area contributed by atoms with E-state index in [-0.39, 0.29) is 0 Å². The lowest BCUT2D eigenvalue weighted by Crippen LogP contribution is -2.28. The molecule has 2 aromatic heterocycles. The van der Waals surface area contributed by atoms with Crippen LogP contribution in [0.25, 0.3) is 16.9 Å². The summed E-state index contributed by atoms with van der Waals surface area (Å²) in [6, 6.07) is 12.1. The average molecular weight is 306 g/mol. The van der Waals surface area contributed by atoms with Crippen molar-refractivity contribution in [2.24, 2.45) is 0 Å². The van der Waals surface area contributed by atoms with Gasteiger partial charge in [-0.1, -0.05) is 24.3 Å². The minimum absolute atomic E-state index is 0.414. The van der Waals surface area contributed by atoms with Crippen molar-refractivity contribution in [1.82, 2.24) is 14.6 Å². The van der Waals surface area contributed by atoms with Crippen molar-refractivity contribution >= 4 is 11.5 Å². The van der Waals surface area contributed by atoms with E-state index in [1.807, 2.05) is 47.1 Å². The van der Waals surface area contributed by atoms with E-state index in [2.05, 4.69) is 10.3 Å². The fraction of sp³-hybridized carbons (Fsp3) is 0.278.